The van der Waals surface area contributed by atoms with E-state index in [9.17, 15) is 4.79 Å². The summed E-state index contributed by atoms with van der Waals surface area (Å²) < 4.78 is 11.9. The number of amides is 1. The molecule has 0 atom stereocenters. The molecule has 0 aliphatic carbocycles. The van der Waals surface area contributed by atoms with Crippen LogP contribution in [0.15, 0.2) is 12.3 Å². The van der Waals surface area contributed by atoms with E-state index in [2.05, 4.69) is 4.98 Å². The highest BCUT2D eigenvalue weighted by Crippen LogP contribution is 2.36. The third-order valence-electron chi connectivity index (χ3n) is 3.86. The normalized spacial score (nSPS) is 20.1. The number of primary amides is 1. The summed E-state index contributed by atoms with van der Waals surface area (Å²) in [5.74, 6) is -0.474. The van der Waals surface area contributed by atoms with E-state index in [0.717, 1.165) is 0 Å². The van der Waals surface area contributed by atoms with Gasteiger partial charge in [-0.15, -0.1) is 0 Å². The molecule has 1 aliphatic heterocycles. The zero-order valence-electron chi connectivity index (χ0n) is 12.1. The van der Waals surface area contributed by atoms with Crippen molar-refractivity contribution in [1.29, 1.82) is 0 Å². The maximum atomic E-state index is 11.2. The number of hydrogen-bond acceptors (Lipinski definition) is 4. The van der Waals surface area contributed by atoms with Gasteiger partial charge in [-0.3, -0.25) is 9.78 Å². The first-order valence-electron chi connectivity index (χ1n) is 6.41. The SMILES string of the molecule is CC1(C)OB(c2nccc(Cl)c2CC(N)=O)OC1(C)C. The van der Waals surface area contributed by atoms with Crippen LogP contribution < -0.4 is 11.3 Å². The van der Waals surface area contributed by atoms with Crippen LogP contribution in [0.25, 0.3) is 0 Å². The van der Waals surface area contributed by atoms with Gasteiger partial charge in [0.2, 0.25) is 5.91 Å². The van der Waals surface area contributed by atoms with Crippen molar-refractivity contribution in [2.75, 3.05) is 0 Å². The van der Waals surface area contributed by atoms with Gasteiger partial charge in [0.1, 0.15) is 0 Å². The van der Waals surface area contributed by atoms with Gasteiger partial charge in [0.15, 0.2) is 0 Å². The Morgan fingerprint density at radius 3 is 2.40 bits per heavy atom. The molecule has 7 heteroatoms. The molecule has 1 amide bonds. The molecule has 1 aromatic heterocycles. The van der Waals surface area contributed by atoms with Crippen LogP contribution in [0.1, 0.15) is 33.3 Å². The summed E-state index contributed by atoms with van der Waals surface area (Å²) in [4.78, 5) is 15.5. The molecule has 1 saturated heterocycles. The van der Waals surface area contributed by atoms with Crippen molar-refractivity contribution in [2.24, 2.45) is 5.73 Å². The smallest absolute Gasteiger partial charge is 0.398 e. The number of nitrogens with zero attached hydrogens (tertiary/aromatic N) is 1. The van der Waals surface area contributed by atoms with E-state index in [4.69, 9.17) is 26.6 Å². The monoisotopic (exact) mass is 296 g/mol. The topological polar surface area (TPSA) is 74.4 Å². The number of hydrogen-bond donors (Lipinski definition) is 1. The molecule has 2 rings (SSSR count). The van der Waals surface area contributed by atoms with Gasteiger partial charge in [-0.25, -0.2) is 0 Å². The summed E-state index contributed by atoms with van der Waals surface area (Å²) in [5, 5.41) is 0.434. The minimum Gasteiger partial charge on any atom is -0.398 e. The largest absolute Gasteiger partial charge is 0.514 e. The molecule has 2 heterocycles. The lowest BCUT2D eigenvalue weighted by molar-refractivity contribution is -0.117. The molecule has 0 bridgehead atoms. The van der Waals surface area contributed by atoms with Gasteiger partial charge in [-0.05, 0) is 39.3 Å². The summed E-state index contributed by atoms with van der Waals surface area (Å²) in [7, 11) is -0.659. The van der Waals surface area contributed by atoms with Gasteiger partial charge in [-0.2, -0.15) is 0 Å². The predicted molar refractivity (Wildman–Crippen MR) is 77.9 cm³/mol. The van der Waals surface area contributed by atoms with Crippen molar-refractivity contribution in [1.82, 2.24) is 4.98 Å². The van der Waals surface area contributed by atoms with Crippen molar-refractivity contribution in [3.8, 4) is 0 Å². The molecule has 0 aromatic carbocycles. The molecule has 20 heavy (non-hydrogen) atoms. The van der Waals surface area contributed by atoms with Gasteiger partial charge >= 0.3 is 7.12 Å². The fourth-order valence-electron chi connectivity index (χ4n) is 1.99. The number of halogens is 1. The van der Waals surface area contributed by atoms with E-state index < -0.39 is 24.2 Å². The Morgan fingerprint density at radius 2 is 1.90 bits per heavy atom. The predicted octanol–water partition coefficient (Wildman–Crippen LogP) is 1.06. The number of nitrogens with two attached hydrogens (primary N) is 1. The minimum absolute atomic E-state index is 0.00604. The average molecular weight is 297 g/mol. The maximum absolute atomic E-state index is 11.2. The highest BCUT2D eigenvalue weighted by molar-refractivity contribution is 6.62. The van der Waals surface area contributed by atoms with Crippen molar-refractivity contribution < 1.29 is 14.1 Å². The van der Waals surface area contributed by atoms with Gasteiger partial charge in [0.25, 0.3) is 0 Å². The van der Waals surface area contributed by atoms with Crippen LogP contribution in [0.4, 0.5) is 0 Å². The lowest BCUT2D eigenvalue weighted by Gasteiger charge is -2.32. The van der Waals surface area contributed by atoms with Crippen molar-refractivity contribution >= 4 is 30.2 Å². The number of aromatic nitrogens is 1. The first-order chi connectivity index (χ1) is 9.14. The third kappa shape index (κ3) is 2.68. The van der Waals surface area contributed by atoms with Crippen LogP contribution in [0, 0.1) is 0 Å². The number of pyridine rings is 1. The molecule has 0 saturated carbocycles. The summed E-state index contributed by atoms with van der Waals surface area (Å²) in [5.41, 5.74) is 5.36. The molecule has 0 radical (unpaired) electrons. The second kappa shape index (κ2) is 5.02. The second-order valence-corrected chi connectivity index (χ2v) is 6.30. The lowest BCUT2D eigenvalue weighted by atomic mass is 9.80. The molecule has 5 nitrogen and oxygen atoms in total. The van der Waals surface area contributed by atoms with Gasteiger partial charge in [0, 0.05) is 11.2 Å². The molecule has 1 aliphatic rings. The standard InChI is InChI=1S/C13H18BClN2O3/c1-12(2)13(3,4)20-14(19-12)11-8(7-10(16)18)9(15)5-6-17-11/h5-6H,7H2,1-4H3,(H2,16,18). The zero-order valence-corrected chi connectivity index (χ0v) is 12.8. The van der Waals surface area contributed by atoms with Gasteiger partial charge < -0.3 is 15.0 Å². The molecule has 0 spiro atoms. The average Bonchev–Trinajstić information content (AvgIpc) is 2.50. The van der Waals surface area contributed by atoms with Gasteiger partial charge in [0.05, 0.1) is 23.2 Å². The van der Waals surface area contributed by atoms with Crippen molar-refractivity contribution in [2.45, 2.75) is 45.3 Å². The summed E-state index contributed by atoms with van der Waals surface area (Å²) in [6.45, 7) is 7.80. The number of carbonyl (C=O) groups excluding carboxylic acids is 1. The van der Waals surface area contributed by atoms with Crippen LogP contribution in [0.3, 0.4) is 0 Å². The molecule has 2 N–H and O–H groups in total. The van der Waals surface area contributed by atoms with Crippen LogP contribution >= 0.6 is 11.6 Å². The molecule has 0 unspecified atom stereocenters. The van der Waals surface area contributed by atoms with Crippen molar-refractivity contribution in [3.63, 3.8) is 0 Å². The Morgan fingerprint density at radius 1 is 1.35 bits per heavy atom. The highest BCUT2D eigenvalue weighted by Gasteiger charge is 2.53. The Balaban J connectivity index is 2.40. The van der Waals surface area contributed by atoms with Crippen LogP contribution in [0.2, 0.25) is 5.02 Å². The zero-order chi connectivity index (χ0) is 15.1. The van der Waals surface area contributed by atoms with Crippen LogP contribution in [-0.4, -0.2) is 29.2 Å². The fourth-order valence-corrected chi connectivity index (χ4v) is 2.21. The maximum Gasteiger partial charge on any atom is 0.514 e. The van der Waals surface area contributed by atoms with E-state index in [1.807, 2.05) is 27.7 Å². The third-order valence-corrected chi connectivity index (χ3v) is 4.21. The van der Waals surface area contributed by atoms with E-state index in [1.165, 1.54) is 0 Å². The van der Waals surface area contributed by atoms with Gasteiger partial charge in [-0.1, -0.05) is 11.6 Å². The Labute approximate surface area is 123 Å². The second-order valence-electron chi connectivity index (χ2n) is 5.89. The molecular formula is C13H18BClN2O3. The van der Waals surface area contributed by atoms with Crippen molar-refractivity contribution in [3.05, 3.63) is 22.8 Å². The summed E-state index contributed by atoms with van der Waals surface area (Å²) >= 11 is 6.14. The Hall–Kier alpha value is -1.11. The van der Waals surface area contributed by atoms with Crippen LogP contribution in [-0.2, 0) is 20.5 Å². The lowest BCUT2D eigenvalue weighted by Crippen LogP contribution is -2.41. The first-order valence-corrected chi connectivity index (χ1v) is 6.79. The quantitative estimate of drug-likeness (QED) is 0.847. The number of rotatable bonds is 3. The molecule has 108 valence electrons. The first kappa shape index (κ1) is 15.3. The highest BCUT2D eigenvalue weighted by atomic mass is 35.5. The van der Waals surface area contributed by atoms with E-state index in [1.54, 1.807) is 12.3 Å². The Bertz CT molecular complexity index is 532. The minimum atomic E-state index is -0.659. The summed E-state index contributed by atoms with van der Waals surface area (Å²) in [6.07, 6.45) is 1.57. The van der Waals surface area contributed by atoms with E-state index in [-0.39, 0.29) is 6.42 Å². The fraction of sp³-hybridized carbons (Fsp3) is 0.538. The molecular weight excluding hydrogens is 278 g/mol. The Kier molecular flexibility index (Phi) is 3.84. The molecule has 1 aromatic rings. The molecule has 1 fully saturated rings. The van der Waals surface area contributed by atoms with Crippen LogP contribution in [0.5, 0.6) is 0 Å². The summed E-state index contributed by atoms with van der Waals surface area (Å²) in [6, 6.07) is 1.62. The van der Waals surface area contributed by atoms with E-state index >= 15 is 0 Å². The number of carbonyl (C=O) groups is 1. The van der Waals surface area contributed by atoms with E-state index in [0.29, 0.717) is 16.2 Å².